The molecule has 0 atom stereocenters. The van der Waals surface area contributed by atoms with Crippen molar-refractivity contribution in [3.63, 3.8) is 0 Å². The molecule has 0 amide bonds. The van der Waals surface area contributed by atoms with Gasteiger partial charge in [-0.25, -0.2) is 19.2 Å². The van der Waals surface area contributed by atoms with Crippen LogP contribution in [0.5, 0.6) is 0 Å². The number of unbranched alkanes of at least 4 members (excludes halogenated alkanes) is 8. The third-order valence-corrected chi connectivity index (χ3v) is 5.67. The molecule has 1 aromatic carbocycles. The van der Waals surface area contributed by atoms with Gasteiger partial charge in [0.05, 0.1) is 37.6 Å². The van der Waals surface area contributed by atoms with Crippen molar-refractivity contribution >= 4 is 23.9 Å². The van der Waals surface area contributed by atoms with Crippen LogP contribution >= 0.6 is 0 Å². The van der Waals surface area contributed by atoms with Crippen molar-refractivity contribution in [2.45, 2.75) is 105 Å². The average molecular weight is 563 g/mol. The Morgan fingerprint density at radius 3 is 1.20 bits per heavy atom. The lowest BCUT2D eigenvalue weighted by atomic mass is 10.1. The van der Waals surface area contributed by atoms with Crippen molar-refractivity contribution in [2.75, 3.05) is 26.4 Å². The summed E-state index contributed by atoms with van der Waals surface area (Å²) in [6, 6.07) is 6.59. The van der Waals surface area contributed by atoms with E-state index in [0.29, 0.717) is 26.4 Å². The molecule has 0 spiro atoms. The van der Waals surface area contributed by atoms with Gasteiger partial charge in [0, 0.05) is 12.2 Å². The highest BCUT2D eigenvalue weighted by Crippen LogP contribution is 2.13. The second-order valence-corrected chi connectivity index (χ2v) is 9.31. The quantitative estimate of drug-likeness (QED) is 0.0701. The molecule has 0 heterocycles. The topological polar surface area (TPSA) is 105 Å². The highest BCUT2D eigenvalue weighted by Gasteiger charge is 2.18. The minimum Gasteiger partial charge on any atom is -0.463 e. The summed E-state index contributed by atoms with van der Waals surface area (Å²) >= 11 is 0. The van der Waals surface area contributed by atoms with E-state index in [1.165, 1.54) is 0 Å². The minimum absolute atomic E-state index is 0.269. The summed E-state index contributed by atoms with van der Waals surface area (Å²) in [6.45, 7) is 9.86. The van der Waals surface area contributed by atoms with Crippen molar-refractivity contribution < 1.29 is 38.1 Å². The van der Waals surface area contributed by atoms with Crippen LogP contribution in [0, 0.1) is 0 Å². The van der Waals surface area contributed by atoms with Crippen molar-refractivity contribution in [1.82, 2.24) is 0 Å². The van der Waals surface area contributed by atoms with Crippen molar-refractivity contribution in [3.8, 4) is 0 Å². The number of carbonyl (C=O) groups is 4. The molecule has 0 radical (unpaired) electrons. The second-order valence-electron chi connectivity index (χ2n) is 9.31. The molecule has 0 saturated heterocycles. The normalized spacial score (nSPS) is 10.4. The number of ether oxygens (including phenoxy) is 4. The lowest BCUT2D eigenvalue weighted by Gasteiger charge is -2.09. The van der Waals surface area contributed by atoms with Gasteiger partial charge in [-0.05, 0) is 37.8 Å². The summed E-state index contributed by atoms with van der Waals surface area (Å²) in [5.41, 5.74) is 0.537. The highest BCUT2D eigenvalue weighted by molar-refractivity contribution is 6.03. The molecule has 0 aliphatic rings. The number of carbonyl (C=O) groups excluding carboxylic acids is 4. The van der Waals surface area contributed by atoms with Crippen LogP contribution in [0.2, 0.25) is 0 Å². The lowest BCUT2D eigenvalue weighted by Crippen LogP contribution is -2.14. The summed E-state index contributed by atoms with van der Waals surface area (Å²) in [5.74, 6) is -1.91. The molecule has 0 aromatic heterocycles. The highest BCUT2D eigenvalue weighted by atomic mass is 16.5. The standard InChI is InChI=1S/C16H22O4.C16H28O4/c1-3-5-11-19-15(17)13-9-7-8-10-14(13)16(18)20-12-6-4-2;1-3-5-7-9-13-19-15(17)11-12-16(18)20-14-10-8-6-4-2/h7-10H,3-6,11-12H2,1-2H3;11-12H,3-10,13-14H2,1-2H3/b;12-11-. The van der Waals surface area contributed by atoms with Gasteiger partial charge in [-0.3, -0.25) is 0 Å². The van der Waals surface area contributed by atoms with Gasteiger partial charge >= 0.3 is 23.9 Å². The Balaban J connectivity index is 0.000000760. The second kappa shape index (κ2) is 26.1. The van der Waals surface area contributed by atoms with Gasteiger partial charge in [0.25, 0.3) is 0 Å². The van der Waals surface area contributed by atoms with Gasteiger partial charge in [0.1, 0.15) is 0 Å². The Hall–Kier alpha value is -3.16. The van der Waals surface area contributed by atoms with Crippen LogP contribution in [-0.2, 0) is 28.5 Å². The van der Waals surface area contributed by atoms with E-state index < -0.39 is 23.9 Å². The molecule has 8 heteroatoms. The van der Waals surface area contributed by atoms with E-state index >= 15 is 0 Å². The minimum atomic E-state index is -0.482. The molecule has 0 saturated carbocycles. The van der Waals surface area contributed by atoms with Crippen LogP contribution in [-0.4, -0.2) is 50.3 Å². The number of esters is 4. The summed E-state index contributed by atoms with van der Waals surface area (Å²) in [4.78, 5) is 46.4. The summed E-state index contributed by atoms with van der Waals surface area (Å²) in [6.07, 6.45) is 14.3. The molecule has 0 unspecified atom stereocenters. The molecule has 1 rings (SSSR count). The van der Waals surface area contributed by atoms with Crippen molar-refractivity contribution in [2.24, 2.45) is 0 Å². The maximum Gasteiger partial charge on any atom is 0.339 e. The lowest BCUT2D eigenvalue weighted by molar-refractivity contribution is -0.140. The molecule has 226 valence electrons. The largest absolute Gasteiger partial charge is 0.463 e. The number of hydrogen-bond donors (Lipinski definition) is 0. The molecule has 1 aromatic rings. The van der Waals surface area contributed by atoms with Crippen LogP contribution in [0.3, 0.4) is 0 Å². The number of rotatable bonds is 20. The van der Waals surface area contributed by atoms with Gasteiger partial charge < -0.3 is 18.9 Å². The van der Waals surface area contributed by atoms with E-state index in [9.17, 15) is 19.2 Å². The molecule has 0 fully saturated rings. The first-order chi connectivity index (χ1) is 19.4. The van der Waals surface area contributed by atoms with Gasteiger partial charge in [0.2, 0.25) is 0 Å². The Morgan fingerprint density at radius 1 is 0.500 bits per heavy atom. The maximum atomic E-state index is 11.9. The number of benzene rings is 1. The maximum absolute atomic E-state index is 11.9. The molecule has 40 heavy (non-hydrogen) atoms. The molecule has 0 aliphatic heterocycles. The third-order valence-electron chi connectivity index (χ3n) is 5.67. The van der Waals surface area contributed by atoms with E-state index in [1.54, 1.807) is 24.3 Å². The molecular formula is C32H50O8. The Kier molecular flexibility index (Phi) is 24.0. The Morgan fingerprint density at radius 2 is 0.850 bits per heavy atom. The number of hydrogen-bond acceptors (Lipinski definition) is 8. The van der Waals surface area contributed by atoms with Gasteiger partial charge in [-0.1, -0.05) is 91.2 Å². The fourth-order valence-corrected chi connectivity index (χ4v) is 3.25. The fourth-order valence-electron chi connectivity index (χ4n) is 3.25. The van der Waals surface area contributed by atoms with Gasteiger partial charge in [0.15, 0.2) is 0 Å². The molecular weight excluding hydrogens is 512 g/mol. The molecule has 0 N–H and O–H groups in total. The Labute approximate surface area is 240 Å². The zero-order valence-corrected chi connectivity index (χ0v) is 25.0. The first kappa shape index (κ1) is 36.8. The first-order valence-corrected chi connectivity index (χ1v) is 14.9. The monoisotopic (exact) mass is 562 g/mol. The van der Waals surface area contributed by atoms with Crippen LogP contribution < -0.4 is 0 Å². The van der Waals surface area contributed by atoms with E-state index in [2.05, 4.69) is 13.8 Å². The molecule has 8 nitrogen and oxygen atoms in total. The molecule has 0 aliphatic carbocycles. The van der Waals surface area contributed by atoms with E-state index in [0.717, 1.165) is 89.2 Å². The third kappa shape index (κ3) is 19.8. The summed E-state index contributed by atoms with van der Waals surface area (Å²) < 4.78 is 20.2. The fraction of sp³-hybridized carbons (Fsp3) is 0.625. The van der Waals surface area contributed by atoms with Gasteiger partial charge in [-0.15, -0.1) is 0 Å². The van der Waals surface area contributed by atoms with E-state index in [-0.39, 0.29) is 11.1 Å². The van der Waals surface area contributed by atoms with Crippen molar-refractivity contribution in [3.05, 3.63) is 47.5 Å². The van der Waals surface area contributed by atoms with Crippen LogP contribution in [0.15, 0.2) is 36.4 Å². The Bertz CT molecular complexity index is 793. The van der Waals surface area contributed by atoms with E-state index in [4.69, 9.17) is 18.9 Å². The summed E-state index contributed by atoms with van der Waals surface area (Å²) in [5, 5.41) is 0. The van der Waals surface area contributed by atoms with Crippen molar-refractivity contribution in [1.29, 1.82) is 0 Å². The van der Waals surface area contributed by atoms with Crippen LogP contribution in [0.25, 0.3) is 0 Å². The van der Waals surface area contributed by atoms with Crippen LogP contribution in [0.1, 0.15) is 125 Å². The van der Waals surface area contributed by atoms with Crippen LogP contribution in [0.4, 0.5) is 0 Å². The summed E-state index contributed by atoms with van der Waals surface area (Å²) in [7, 11) is 0. The molecule has 0 bridgehead atoms. The van der Waals surface area contributed by atoms with Gasteiger partial charge in [-0.2, -0.15) is 0 Å². The smallest absolute Gasteiger partial charge is 0.339 e. The zero-order chi connectivity index (χ0) is 29.8. The zero-order valence-electron chi connectivity index (χ0n) is 25.0. The predicted octanol–water partition coefficient (Wildman–Crippen LogP) is 7.39. The average Bonchev–Trinajstić information content (AvgIpc) is 2.96. The SMILES string of the molecule is CCCCCCOC(=O)/C=C\C(=O)OCCCCCC.CCCCOC(=O)c1ccccc1C(=O)OCCCC. The van der Waals surface area contributed by atoms with E-state index in [1.807, 2.05) is 13.8 Å². The first-order valence-electron chi connectivity index (χ1n) is 14.9. The predicted molar refractivity (Wildman–Crippen MR) is 156 cm³/mol.